The molecule has 1 unspecified atom stereocenters. The highest BCUT2D eigenvalue weighted by molar-refractivity contribution is 7.13. The number of hydrogen-bond donors (Lipinski definition) is 1. The minimum Gasteiger partial charge on any atom is -0.481 e. The first kappa shape index (κ1) is 20.8. The number of benzene rings is 1. The molecule has 0 saturated carbocycles. The Kier molecular flexibility index (Phi) is 5.80. The van der Waals surface area contributed by atoms with Crippen LogP contribution in [0.4, 0.5) is 0 Å². The zero-order valence-corrected chi connectivity index (χ0v) is 18.7. The third-order valence-electron chi connectivity index (χ3n) is 5.42. The van der Waals surface area contributed by atoms with E-state index in [1.54, 1.807) is 17.5 Å². The lowest BCUT2D eigenvalue weighted by Crippen LogP contribution is -2.07. The van der Waals surface area contributed by atoms with E-state index in [9.17, 15) is 4.79 Å². The van der Waals surface area contributed by atoms with Crippen molar-refractivity contribution in [2.24, 2.45) is 0 Å². The molecule has 2 aromatic heterocycles. The number of hydrogen-bond acceptors (Lipinski definition) is 5. The number of carboxylic acid groups (broad SMARTS) is 1. The maximum atomic E-state index is 11.1. The number of thiazole rings is 1. The van der Waals surface area contributed by atoms with Crippen LogP contribution in [0.15, 0.2) is 29.8 Å². The Morgan fingerprint density at radius 1 is 1.40 bits per heavy atom. The summed E-state index contributed by atoms with van der Waals surface area (Å²) in [5.74, 6) is -0.204. The molecule has 156 valence electrons. The number of carbonyl (C=O) groups is 1. The number of ether oxygens (including phenoxy) is 1. The van der Waals surface area contributed by atoms with E-state index >= 15 is 0 Å². The summed E-state index contributed by atoms with van der Waals surface area (Å²) < 4.78 is 5.60. The Hall–Kier alpha value is -2.44. The van der Waals surface area contributed by atoms with Gasteiger partial charge in [0.05, 0.1) is 18.2 Å². The van der Waals surface area contributed by atoms with E-state index in [2.05, 4.69) is 24.0 Å². The Balaban J connectivity index is 1.62. The molecule has 0 spiro atoms. The second-order valence-corrected chi connectivity index (χ2v) is 9.12. The molecule has 1 atom stereocenters. The highest BCUT2D eigenvalue weighted by Crippen LogP contribution is 2.41. The molecule has 3 aromatic rings. The molecule has 30 heavy (non-hydrogen) atoms. The Morgan fingerprint density at radius 3 is 2.90 bits per heavy atom. The van der Waals surface area contributed by atoms with Crippen molar-refractivity contribution in [3.8, 4) is 27.7 Å². The minimum atomic E-state index is -0.740. The summed E-state index contributed by atoms with van der Waals surface area (Å²) in [7, 11) is 0. The lowest BCUT2D eigenvalue weighted by atomic mass is 9.94. The fourth-order valence-electron chi connectivity index (χ4n) is 4.03. The van der Waals surface area contributed by atoms with Gasteiger partial charge < -0.3 is 9.84 Å². The zero-order chi connectivity index (χ0) is 21.4. The summed E-state index contributed by atoms with van der Waals surface area (Å²) in [6.07, 6.45) is 3.74. The second-order valence-electron chi connectivity index (χ2n) is 7.85. The third kappa shape index (κ3) is 4.07. The van der Waals surface area contributed by atoms with E-state index in [0.717, 1.165) is 34.7 Å². The van der Waals surface area contributed by atoms with Gasteiger partial charge in [0.15, 0.2) is 0 Å². The van der Waals surface area contributed by atoms with Crippen molar-refractivity contribution < 1.29 is 14.6 Å². The van der Waals surface area contributed by atoms with Gasteiger partial charge in [-0.25, -0.2) is 9.97 Å². The molecule has 0 amide bonds. The van der Waals surface area contributed by atoms with Crippen molar-refractivity contribution in [2.75, 3.05) is 0 Å². The number of pyridine rings is 1. The molecule has 1 N–H and O–H groups in total. The van der Waals surface area contributed by atoms with Crippen LogP contribution in [0, 0.1) is 6.92 Å². The van der Waals surface area contributed by atoms with Crippen LogP contribution in [0.1, 0.15) is 49.3 Å². The largest absolute Gasteiger partial charge is 0.481 e. The highest BCUT2D eigenvalue weighted by atomic mass is 35.5. The van der Waals surface area contributed by atoms with Gasteiger partial charge in [-0.2, -0.15) is 0 Å². The highest BCUT2D eigenvalue weighted by Gasteiger charge is 2.27. The average molecular weight is 443 g/mol. The smallest absolute Gasteiger partial charge is 0.303 e. The van der Waals surface area contributed by atoms with Crippen molar-refractivity contribution in [3.63, 3.8) is 0 Å². The van der Waals surface area contributed by atoms with Crippen LogP contribution < -0.4 is 4.74 Å². The standard InChI is InChI=1S/C23H23ClN2O3S/c1-12(2)29-22-19(24)8-15(10-25-22)20-11-30-23(26-20)17-6-7-18-14(9-21(27)28)4-5-16(18)13(17)3/h6-8,10-12,14H,4-5,9H2,1-3H3,(H,27,28). The molecular formula is C23H23ClN2O3S. The van der Waals surface area contributed by atoms with Crippen LogP contribution in [-0.4, -0.2) is 27.1 Å². The Morgan fingerprint density at radius 2 is 2.20 bits per heavy atom. The number of nitrogens with zero attached hydrogens (tertiary/aromatic N) is 2. The molecule has 4 rings (SSSR count). The van der Waals surface area contributed by atoms with Gasteiger partial charge in [-0.05, 0) is 62.3 Å². The number of carboxylic acids is 1. The SMILES string of the molecule is Cc1c(-c2nc(-c3cnc(OC(C)C)c(Cl)c3)cs2)ccc2c1CCC2CC(=O)O. The predicted molar refractivity (Wildman–Crippen MR) is 120 cm³/mol. The number of rotatable bonds is 6. The van der Waals surface area contributed by atoms with Crippen molar-refractivity contribution in [2.45, 2.75) is 52.1 Å². The molecule has 5 nitrogen and oxygen atoms in total. The van der Waals surface area contributed by atoms with E-state index in [1.165, 1.54) is 16.7 Å². The summed E-state index contributed by atoms with van der Waals surface area (Å²) in [5.41, 5.74) is 6.41. The molecule has 1 aliphatic rings. The van der Waals surface area contributed by atoms with Crippen LogP contribution in [0.25, 0.3) is 21.8 Å². The molecule has 2 heterocycles. The molecule has 1 aromatic carbocycles. The molecule has 0 bridgehead atoms. The van der Waals surface area contributed by atoms with Crippen LogP contribution in [0.3, 0.4) is 0 Å². The fraction of sp³-hybridized carbons (Fsp3) is 0.348. The molecule has 0 aliphatic heterocycles. The van der Waals surface area contributed by atoms with Gasteiger partial charge in [0.2, 0.25) is 5.88 Å². The van der Waals surface area contributed by atoms with Crippen LogP contribution in [0.2, 0.25) is 5.02 Å². The normalized spacial score (nSPS) is 15.4. The monoisotopic (exact) mass is 442 g/mol. The first-order valence-corrected chi connectivity index (χ1v) is 11.2. The molecule has 0 radical (unpaired) electrons. The van der Waals surface area contributed by atoms with Crippen molar-refractivity contribution in [1.29, 1.82) is 0 Å². The predicted octanol–water partition coefficient (Wildman–Crippen LogP) is 6.13. The van der Waals surface area contributed by atoms with Crippen LogP contribution in [-0.2, 0) is 11.2 Å². The number of fused-ring (bicyclic) bond motifs is 1. The van der Waals surface area contributed by atoms with Gasteiger partial charge in [0.25, 0.3) is 0 Å². The van der Waals surface area contributed by atoms with Gasteiger partial charge in [-0.3, -0.25) is 4.79 Å². The van der Waals surface area contributed by atoms with Crippen LogP contribution in [0.5, 0.6) is 5.88 Å². The topological polar surface area (TPSA) is 72.3 Å². The summed E-state index contributed by atoms with van der Waals surface area (Å²) in [6, 6.07) is 5.98. The van der Waals surface area contributed by atoms with Crippen LogP contribution >= 0.6 is 22.9 Å². The summed E-state index contributed by atoms with van der Waals surface area (Å²) >= 11 is 7.91. The van der Waals surface area contributed by atoms with Gasteiger partial charge in [0.1, 0.15) is 10.0 Å². The summed E-state index contributed by atoms with van der Waals surface area (Å²) in [6.45, 7) is 5.97. The lowest BCUT2D eigenvalue weighted by molar-refractivity contribution is -0.137. The molecule has 0 saturated heterocycles. The Bertz CT molecular complexity index is 1110. The quantitative estimate of drug-likeness (QED) is 0.497. The van der Waals surface area contributed by atoms with Crippen molar-refractivity contribution in [1.82, 2.24) is 9.97 Å². The first-order chi connectivity index (χ1) is 14.3. The minimum absolute atomic E-state index is 0.00426. The maximum Gasteiger partial charge on any atom is 0.303 e. The average Bonchev–Trinajstić information content (AvgIpc) is 3.31. The Labute approximate surface area is 184 Å². The zero-order valence-electron chi connectivity index (χ0n) is 17.1. The van der Waals surface area contributed by atoms with Gasteiger partial charge in [-0.1, -0.05) is 23.7 Å². The molecule has 0 fully saturated rings. The van der Waals surface area contributed by atoms with Crippen molar-refractivity contribution >= 4 is 28.9 Å². The second kappa shape index (κ2) is 8.36. The fourth-order valence-corrected chi connectivity index (χ4v) is 5.15. The first-order valence-electron chi connectivity index (χ1n) is 9.96. The van der Waals surface area contributed by atoms with Gasteiger partial charge in [-0.15, -0.1) is 11.3 Å². The van der Waals surface area contributed by atoms with E-state index in [1.807, 2.05) is 25.3 Å². The van der Waals surface area contributed by atoms with E-state index in [0.29, 0.717) is 10.9 Å². The number of aromatic nitrogens is 2. The lowest BCUT2D eigenvalue weighted by Gasteiger charge is -2.12. The summed E-state index contributed by atoms with van der Waals surface area (Å²) in [5, 5.41) is 12.6. The number of halogens is 1. The summed E-state index contributed by atoms with van der Waals surface area (Å²) in [4.78, 5) is 20.3. The van der Waals surface area contributed by atoms with E-state index in [-0.39, 0.29) is 18.4 Å². The number of aliphatic carboxylic acids is 1. The van der Waals surface area contributed by atoms with Gasteiger partial charge in [0, 0.05) is 22.7 Å². The molecular weight excluding hydrogens is 420 g/mol. The van der Waals surface area contributed by atoms with Crippen molar-refractivity contribution in [3.05, 3.63) is 51.5 Å². The van der Waals surface area contributed by atoms with E-state index in [4.69, 9.17) is 26.4 Å². The third-order valence-corrected chi connectivity index (χ3v) is 6.57. The van der Waals surface area contributed by atoms with Gasteiger partial charge >= 0.3 is 5.97 Å². The van der Waals surface area contributed by atoms with E-state index < -0.39 is 5.97 Å². The molecule has 7 heteroatoms. The molecule has 1 aliphatic carbocycles. The maximum absolute atomic E-state index is 11.1.